The van der Waals surface area contributed by atoms with Crippen LogP contribution in [0.25, 0.3) is 0 Å². The predicted molar refractivity (Wildman–Crippen MR) is 78.9 cm³/mol. The maximum Gasteiger partial charge on any atom is 0.252 e. The van der Waals surface area contributed by atoms with Crippen molar-refractivity contribution < 1.29 is 14.0 Å². The number of amides is 2. The predicted octanol–water partition coefficient (Wildman–Crippen LogP) is 2.62. The van der Waals surface area contributed by atoms with Crippen LogP contribution in [0, 0.1) is 5.82 Å². The Balaban J connectivity index is 2.44. The Kier molecular flexibility index (Phi) is 6.64. The van der Waals surface area contributed by atoms with E-state index in [2.05, 4.69) is 26.6 Å². The maximum absolute atomic E-state index is 13.1. The number of carbonyl (C=O) groups excluding carboxylic acids is 2. The number of hydrogen-bond donors (Lipinski definition) is 2. The van der Waals surface area contributed by atoms with Crippen LogP contribution in [0.4, 0.5) is 4.39 Å². The lowest BCUT2D eigenvalue weighted by molar-refractivity contribution is -0.121. The molecule has 0 heterocycles. The van der Waals surface area contributed by atoms with E-state index in [4.69, 9.17) is 0 Å². The van der Waals surface area contributed by atoms with Gasteiger partial charge in [0.05, 0.1) is 5.56 Å². The van der Waals surface area contributed by atoms with E-state index in [-0.39, 0.29) is 30.5 Å². The molecule has 110 valence electrons. The van der Waals surface area contributed by atoms with E-state index >= 15 is 0 Å². The van der Waals surface area contributed by atoms with E-state index in [1.165, 1.54) is 12.1 Å². The van der Waals surface area contributed by atoms with Gasteiger partial charge in [0, 0.05) is 23.5 Å². The first kappa shape index (κ1) is 16.6. The minimum Gasteiger partial charge on any atom is -0.354 e. The van der Waals surface area contributed by atoms with Gasteiger partial charge in [0.15, 0.2) is 0 Å². The third kappa shape index (κ3) is 5.28. The maximum atomic E-state index is 13.1. The van der Waals surface area contributed by atoms with Gasteiger partial charge in [-0.25, -0.2) is 4.39 Å². The zero-order chi connectivity index (χ0) is 15.1. The fourth-order valence-corrected chi connectivity index (χ4v) is 1.93. The topological polar surface area (TPSA) is 58.2 Å². The van der Waals surface area contributed by atoms with E-state index < -0.39 is 11.7 Å². The first-order valence-corrected chi connectivity index (χ1v) is 7.26. The van der Waals surface area contributed by atoms with Crippen molar-refractivity contribution >= 4 is 27.7 Å². The number of halogens is 2. The number of rotatable bonds is 6. The smallest absolute Gasteiger partial charge is 0.252 e. The summed E-state index contributed by atoms with van der Waals surface area (Å²) in [5, 5.41) is 5.40. The van der Waals surface area contributed by atoms with Crippen LogP contribution in [0.5, 0.6) is 0 Å². The summed E-state index contributed by atoms with van der Waals surface area (Å²) in [4.78, 5) is 23.4. The van der Waals surface area contributed by atoms with Gasteiger partial charge in [0.25, 0.3) is 5.91 Å². The summed E-state index contributed by atoms with van der Waals surface area (Å²) >= 11 is 3.19. The zero-order valence-electron chi connectivity index (χ0n) is 11.5. The van der Waals surface area contributed by atoms with Crippen LogP contribution in [0.2, 0.25) is 0 Å². The van der Waals surface area contributed by atoms with Gasteiger partial charge in [0.1, 0.15) is 5.82 Å². The second-order valence-corrected chi connectivity index (χ2v) is 5.36. The van der Waals surface area contributed by atoms with E-state index in [0.717, 1.165) is 12.5 Å². The van der Waals surface area contributed by atoms with Gasteiger partial charge >= 0.3 is 0 Å². The van der Waals surface area contributed by atoms with Crippen molar-refractivity contribution in [2.24, 2.45) is 0 Å². The van der Waals surface area contributed by atoms with Crippen LogP contribution >= 0.6 is 15.9 Å². The van der Waals surface area contributed by atoms with Crippen LogP contribution in [-0.2, 0) is 4.79 Å². The molecule has 1 atom stereocenters. The lowest BCUT2D eigenvalue weighted by Gasteiger charge is -2.11. The summed E-state index contributed by atoms with van der Waals surface area (Å²) < 4.78 is 13.6. The Morgan fingerprint density at radius 3 is 2.75 bits per heavy atom. The van der Waals surface area contributed by atoms with Crippen molar-refractivity contribution in [2.45, 2.75) is 32.7 Å². The second kappa shape index (κ2) is 7.99. The molecule has 0 saturated heterocycles. The zero-order valence-corrected chi connectivity index (χ0v) is 13.1. The van der Waals surface area contributed by atoms with Gasteiger partial charge in [-0.15, -0.1) is 0 Å². The SMILES string of the molecule is CCC(C)NC(=O)CCNC(=O)c1cc(F)ccc1Br. The first-order valence-electron chi connectivity index (χ1n) is 6.46. The molecule has 4 nitrogen and oxygen atoms in total. The molecule has 0 aromatic heterocycles. The molecule has 0 aliphatic carbocycles. The van der Waals surface area contributed by atoms with Crippen molar-refractivity contribution in [1.82, 2.24) is 10.6 Å². The molecule has 1 unspecified atom stereocenters. The summed E-state index contributed by atoms with van der Waals surface area (Å²) in [5.74, 6) is -1.00. The van der Waals surface area contributed by atoms with Gasteiger partial charge in [-0.3, -0.25) is 9.59 Å². The summed E-state index contributed by atoms with van der Waals surface area (Å²) in [6.07, 6.45) is 1.05. The Bertz CT molecular complexity index is 494. The summed E-state index contributed by atoms with van der Waals surface area (Å²) in [5.41, 5.74) is 0.215. The number of benzene rings is 1. The van der Waals surface area contributed by atoms with E-state index in [1.807, 2.05) is 13.8 Å². The molecule has 0 aliphatic heterocycles. The largest absolute Gasteiger partial charge is 0.354 e. The lowest BCUT2D eigenvalue weighted by atomic mass is 10.2. The Hall–Kier alpha value is -1.43. The Morgan fingerprint density at radius 2 is 2.10 bits per heavy atom. The molecule has 0 fully saturated rings. The highest BCUT2D eigenvalue weighted by molar-refractivity contribution is 9.10. The van der Waals surface area contributed by atoms with Gasteiger partial charge in [-0.2, -0.15) is 0 Å². The molecular weight excluding hydrogens is 327 g/mol. The fourth-order valence-electron chi connectivity index (χ4n) is 1.51. The normalized spacial score (nSPS) is 11.8. The van der Waals surface area contributed by atoms with Crippen LogP contribution in [0.3, 0.4) is 0 Å². The van der Waals surface area contributed by atoms with Crippen LogP contribution in [0.1, 0.15) is 37.0 Å². The van der Waals surface area contributed by atoms with Crippen molar-refractivity contribution in [1.29, 1.82) is 0 Å². The van der Waals surface area contributed by atoms with Gasteiger partial charge in [-0.05, 0) is 47.5 Å². The van der Waals surface area contributed by atoms with E-state index in [0.29, 0.717) is 4.47 Å². The van der Waals surface area contributed by atoms with E-state index in [1.54, 1.807) is 0 Å². The highest BCUT2D eigenvalue weighted by Crippen LogP contribution is 2.17. The highest BCUT2D eigenvalue weighted by Gasteiger charge is 2.11. The summed E-state index contributed by atoms with van der Waals surface area (Å²) in [6, 6.07) is 4.01. The molecule has 0 radical (unpaired) electrons. The first-order chi connectivity index (χ1) is 9.43. The standard InChI is InChI=1S/C14H18BrFN2O2/c1-3-9(2)18-13(19)6-7-17-14(20)11-8-10(16)4-5-12(11)15/h4-5,8-9H,3,6-7H2,1-2H3,(H,17,20)(H,18,19). The molecule has 1 aromatic rings. The molecule has 2 amide bonds. The minimum atomic E-state index is -0.479. The molecule has 0 saturated carbocycles. The monoisotopic (exact) mass is 344 g/mol. The van der Waals surface area contributed by atoms with Gasteiger partial charge < -0.3 is 10.6 Å². The fraction of sp³-hybridized carbons (Fsp3) is 0.429. The molecule has 1 aromatic carbocycles. The average molecular weight is 345 g/mol. The summed E-state index contributed by atoms with van der Waals surface area (Å²) in [6.45, 7) is 4.11. The minimum absolute atomic E-state index is 0.113. The number of nitrogens with one attached hydrogen (secondary N) is 2. The van der Waals surface area contributed by atoms with Crippen LogP contribution in [0.15, 0.2) is 22.7 Å². The Labute approximate surface area is 126 Å². The lowest BCUT2D eigenvalue weighted by Crippen LogP contribution is -2.35. The van der Waals surface area contributed by atoms with Crippen molar-refractivity contribution in [3.05, 3.63) is 34.1 Å². The van der Waals surface area contributed by atoms with Gasteiger partial charge in [0.2, 0.25) is 5.91 Å². The molecule has 0 spiro atoms. The molecule has 1 rings (SSSR count). The molecule has 0 bridgehead atoms. The van der Waals surface area contributed by atoms with Crippen molar-refractivity contribution in [2.75, 3.05) is 6.54 Å². The summed E-state index contributed by atoms with van der Waals surface area (Å²) in [7, 11) is 0. The van der Waals surface area contributed by atoms with Crippen LogP contribution < -0.4 is 10.6 Å². The van der Waals surface area contributed by atoms with Gasteiger partial charge in [-0.1, -0.05) is 6.92 Å². The van der Waals surface area contributed by atoms with Crippen molar-refractivity contribution in [3.63, 3.8) is 0 Å². The molecule has 2 N–H and O–H groups in total. The van der Waals surface area contributed by atoms with Crippen molar-refractivity contribution in [3.8, 4) is 0 Å². The molecular formula is C14H18BrFN2O2. The third-order valence-electron chi connectivity index (χ3n) is 2.83. The van der Waals surface area contributed by atoms with E-state index in [9.17, 15) is 14.0 Å². The quantitative estimate of drug-likeness (QED) is 0.833. The Morgan fingerprint density at radius 1 is 1.40 bits per heavy atom. The number of carbonyl (C=O) groups is 2. The molecule has 20 heavy (non-hydrogen) atoms. The molecule has 6 heteroatoms. The second-order valence-electron chi connectivity index (χ2n) is 4.51. The highest BCUT2D eigenvalue weighted by atomic mass is 79.9. The number of hydrogen-bond acceptors (Lipinski definition) is 2. The third-order valence-corrected chi connectivity index (χ3v) is 3.52. The average Bonchev–Trinajstić information content (AvgIpc) is 2.41. The van der Waals surface area contributed by atoms with Crippen LogP contribution in [-0.4, -0.2) is 24.4 Å². The molecule has 0 aliphatic rings.